The Bertz CT molecular complexity index is 976. The van der Waals surface area contributed by atoms with Gasteiger partial charge in [0.25, 0.3) is 0 Å². The lowest BCUT2D eigenvalue weighted by atomic mass is 9.82. The molecule has 40 heavy (non-hydrogen) atoms. The lowest BCUT2D eigenvalue weighted by Gasteiger charge is -2.28. The maximum absolute atomic E-state index is 12.6. The highest BCUT2D eigenvalue weighted by molar-refractivity contribution is 5.77. The molecule has 0 amide bonds. The second-order valence-electron chi connectivity index (χ2n) is 11.3. The van der Waals surface area contributed by atoms with Crippen LogP contribution in [0, 0.1) is 23.7 Å². The number of aliphatic carboxylic acids is 1. The zero-order chi connectivity index (χ0) is 30.4. The van der Waals surface area contributed by atoms with Gasteiger partial charge in [-0.15, -0.1) is 0 Å². The van der Waals surface area contributed by atoms with Crippen LogP contribution in [-0.4, -0.2) is 48.4 Å². The van der Waals surface area contributed by atoms with E-state index in [-0.39, 0.29) is 49.4 Å². The van der Waals surface area contributed by atoms with Crippen molar-refractivity contribution in [1.82, 2.24) is 0 Å². The highest BCUT2D eigenvalue weighted by Gasteiger charge is 2.33. The van der Waals surface area contributed by atoms with E-state index in [1.807, 2.05) is 41.5 Å². The number of carbonyl (C=O) groups excluding carboxylic acids is 3. The molecule has 0 heterocycles. The molecule has 1 rings (SSSR count). The second-order valence-corrected chi connectivity index (χ2v) is 11.3. The van der Waals surface area contributed by atoms with Crippen LogP contribution in [0.4, 0.5) is 4.79 Å². The molecule has 0 radical (unpaired) electrons. The van der Waals surface area contributed by atoms with Gasteiger partial charge in [0, 0.05) is 18.8 Å². The van der Waals surface area contributed by atoms with Crippen LogP contribution >= 0.6 is 0 Å². The van der Waals surface area contributed by atoms with Gasteiger partial charge in [0.15, 0.2) is 11.5 Å². The largest absolute Gasteiger partial charge is 0.508 e. The first-order valence-electron chi connectivity index (χ1n) is 14.1. The first kappa shape index (κ1) is 34.9. The molecule has 0 aliphatic rings. The fourth-order valence-corrected chi connectivity index (χ4v) is 3.77. The van der Waals surface area contributed by atoms with Gasteiger partial charge in [-0.2, -0.15) is 0 Å². The number of ether oxygens (including phenoxy) is 4. The number of hydrogen-bond donors (Lipinski definition) is 2. The molecule has 10 nitrogen and oxygen atoms in total. The molecule has 226 valence electrons. The number of esters is 2. The topological polar surface area (TPSA) is 151 Å². The summed E-state index contributed by atoms with van der Waals surface area (Å²) in [6, 6.07) is 3.13. The van der Waals surface area contributed by atoms with Gasteiger partial charge in [0.1, 0.15) is 6.04 Å². The summed E-state index contributed by atoms with van der Waals surface area (Å²) in [4.78, 5) is 49.0. The Morgan fingerprint density at radius 3 is 1.85 bits per heavy atom. The standard InChI is InChI=1S/C30H47NO9/c1-8-20(6)16-37-30(36)38-17-21(7)27(28(31)29(34)35)22-11-12-23(39-25(32)13-9-18(2)3)24(15-22)40-26(33)14-10-19(4)5/h11-12,15,18-21,27-28H,8-10,13-14,16-17,31H2,1-7H3,(H,34,35)/t20?,21?,27?,28-/m0/s1. The SMILES string of the molecule is CCC(C)COC(=O)OCC(C)C(c1ccc(OC(=O)CCC(C)C)c(OC(=O)CCC(C)C)c1)[C@H](N)C(=O)O. The van der Waals surface area contributed by atoms with Crippen molar-refractivity contribution in [2.75, 3.05) is 13.2 Å². The molecule has 0 spiro atoms. The van der Waals surface area contributed by atoms with Crippen LogP contribution in [0.5, 0.6) is 11.5 Å². The van der Waals surface area contributed by atoms with Crippen molar-refractivity contribution in [3.8, 4) is 11.5 Å². The van der Waals surface area contributed by atoms with Crippen molar-refractivity contribution in [2.45, 2.75) is 92.5 Å². The molecule has 0 aliphatic carbocycles. The number of carbonyl (C=O) groups is 4. The average Bonchev–Trinajstić information content (AvgIpc) is 2.89. The Morgan fingerprint density at radius 1 is 0.825 bits per heavy atom. The number of benzene rings is 1. The van der Waals surface area contributed by atoms with E-state index in [9.17, 15) is 24.3 Å². The Balaban J connectivity index is 3.25. The van der Waals surface area contributed by atoms with Crippen LogP contribution in [0.3, 0.4) is 0 Å². The maximum atomic E-state index is 12.6. The Kier molecular flexibility index (Phi) is 15.3. The molecule has 3 unspecified atom stereocenters. The summed E-state index contributed by atoms with van der Waals surface area (Å²) in [5.74, 6) is -2.82. The molecular formula is C30H47NO9. The molecule has 0 fully saturated rings. The number of hydrogen-bond acceptors (Lipinski definition) is 9. The van der Waals surface area contributed by atoms with Crippen molar-refractivity contribution < 1.29 is 43.2 Å². The van der Waals surface area contributed by atoms with E-state index in [1.54, 1.807) is 13.0 Å². The predicted octanol–water partition coefficient (Wildman–Crippen LogP) is 5.70. The zero-order valence-electron chi connectivity index (χ0n) is 24.9. The summed E-state index contributed by atoms with van der Waals surface area (Å²) < 4.78 is 21.4. The zero-order valence-corrected chi connectivity index (χ0v) is 24.9. The van der Waals surface area contributed by atoms with E-state index in [2.05, 4.69) is 0 Å². The summed E-state index contributed by atoms with van der Waals surface area (Å²) in [6.45, 7) is 13.6. The lowest BCUT2D eigenvalue weighted by Crippen LogP contribution is -2.40. The fraction of sp³-hybridized carbons (Fsp3) is 0.667. The first-order chi connectivity index (χ1) is 18.7. The van der Waals surface area contributed by atoms with Gasteiger partial charge in [-0.1, -0.05) is 61.0 Å². The van der Waals surface area contributed by atoms with Crippen LogP contribution < -0.4 is 15.2 Å². The number of nitrogens with two attached hydrogens (primary N) is 1. The Hall–Kier alpha value is -3.14. The molecule has 1 aromatic rings. The third kappa shape index (κ3) is 12.8. The van der Waals surface area contributed by atoms with Crippen LogP contribution in [0.2, 0.25) is 0 Å². The van der Waals surface area contributed by atoms with Crippen molar-refractivity contribution in [3.05, 3.63) is 23.8 Å². The van der Waals surface area contributed by atoms with E-state index >= 15 is 0 Å². The number of carboxylic acids is 1. The highest BCUT2D eigenvalue weighted by atomic mass is 16.7. The monoisotopic (exact) mass is 565 g/mol. The summed E-state index contributed by atoms with van der Waals surface area (Å²) in [7, 11) is 0. The van der Waals surface area contributed by atoms with Crippen LogP contribution in [-0.2, 0) is 23.9 Å². The van der Waals surface area contributed by atoms with Gasteiger partial charge in [0.05, 0.1) is 13.2 Å². The van der Waals surface area contributed by atoms with Crippen LogP contribution in [0.15, 0.2) is 18.2 Å². The van der Waals surface area contributed by atoms with Crippen molar-refractivity contribution in [1.29, 1.82) is 0 Å². The fourth-order valence-electron chi connectivity index (χ4n) is 3.77. The summed E-state index contributed by atoms with van der Waals surface area (Å²) in [5, 5.41) is 9.71. The summed E-state index contributed by atoms with van der Waals surface area (Å²) in [6.07, 6.45) is 1.58. The minimum Gasteiger partial charge on any atom is -0.480 e. The van der Waals surface area contributed by atoms with Crippen LogP contribution in [0.1, 0.15) is 92.1 Å². The van der Waals surface area contributed by atoms with Crippen molar-refractivity contribution >= 4 is 24.1 Å². The smallest absolute Gasteiger partial charge is 0.480 e. The summed E-state index contributed by atoms with van der Waals surface area (Å²) in [5.41, 5.74) is 6.49. The van der Waals surface area contributed by atoms with E-state index in [1.165, 1.54) is 12.1 Å². The molecule has 1 aromatic carbocycles. The predicted molar refractivity (Wildman–Crippen MR) is 150 cm³/mol. The molecule has 10 heteroatoms. The molecule has 0 bridgehead atoms. The molecule has 0 saturated carbocycles. The molecule has 0 aromatic heterocycles. The first-order valence-corrected chi connectivity index (χ1v) is 14.1. The van der Waals surface area contributed by atoms with E-state index in [0.717, 1.165) is 6.42 Å². The Morgan fingerprint density at radius 2 is 1.35 bits per heavy atom. The van der Waals surface area contributed by atoms with E-state index < -0.39 is 41.9 Å². The lowest BCUT2D eigenvalue weighted by molar-refractivity contribution is -0.139. The quantitative estimate of drug-likeness (QED) is 0.178. The van der Waals surface area contributed by atoms with Gasteiger partial charge >= 0.3 is 24.1 Å². The van der Waals surface area contributed by atoms with E-state index in [0.29, 0.717) is 24.3 Å². The highest BCUT2D eigenvalue weighted by Crippen LogP contribution is 2.36. The minimum atomic E-state index is -1.36. The third-order valence-corrected chi connectivity index (χ3v) is 6.58. The van der Waals surface area contributed by atoms with E-state index in [4.69, 9.17) is 24.7 Å². The molecule has 4 atom stereocenters. The van der Waals surface area contributed by atoms with Gasteiger partial charge in [-0.25, -0.2) is 4.79 Å². The molecule has 0 aliphatic heterocycles. The average molecular weight is 566 g/mol. The van der Waals surface area contributed by atoms with Crippen LogP contribution in [0.25, 0.3) is 0 Å². The Labute approximate surface area is 237 Å². The third-order valence-electron chi connectivity index (χ3n) is 6.58. The van der Waals surface area contributed by atoms with Gasteiger partial charge in [-0.3, -0.25) is 14.4 Å². The van der Waals surface area contributed by atoms with Crippen molar-refractivity contribution in [3.63, 3.8) is 0 Å². The van der Waals surface area contributed by atoms with Gasteiger partial charge in [-0.05, 0) is 54.2 Å². The molecular weight excluding hydrogens is 518 g/mol. The molecule has 0 saturated heterocycles. The molecule has 3 N–H and O–H groups in total. The number of carboxylic acid groups (broad SMARTS) is 1. The summed E-state index contributed by atoms with van der Waals surface area (Å²) >= 11 is 0. The normalized spacial score (nSPS) is 14.2. The number of rotatable bonds is 17. The minimum absolute atomic E-state index is 0.00665. The second kappa shape index (κ2) is 17.5. The maximum Gasteiger partial charge on any atom is 0.508 e. The van der Waals surface area contributed by atoms with Crippen molar-refractivity contribution in [2.24, 2.45) is 29.4 Å². The van der Waals surface area contributed by atoms with Gasteiger partial charge in [0.2, 0.25) is 0 Å². The van der Waals surface area contributed by atoms with Gasteiger partial charge < -0.3 is 29.8 Å².